The Labute approximate surface area is 166 Å². The first-order valence-corrected chi connectivity index (χ1v) is 10.4. The zero-order valence-corrected chi connectivity index (χ0v) is 16.9. The quantitative estimate of drug-likeness (QED) is 0.675. The molecule has 27 heavy (non-hydrogen) atoms. The Morgan fingerprint density at radius 1 is 1.19 bits per heavy atom. The molecule has 8 heteroatoms. The van der Waals surface area contributed by atoms with Gasteiger partial charge in [-0.3, -0.25) is 9.52 Å². The van der Waals surface area contributed by atoms with Gasteiger partial charge < -0.3 is 11.1 Å². The molecule has 4 N–H and O–H groups in total. The first-order valence-electron chi connectivity index (χ1n) is 8.50. The molecule has 0 spiro atoms. The fraction of sp³-hybridized carbons (Fsp3) is 0.316. The number of carbonyl (C=O) groups excluding carboxylic acids is 1. The van der Waals surface area contributed by atoms with Crippen LogP contribution in [-0.2, 0) is 16.4 Å². The monoisotopic (exact) mass is 409 g/mol. The molecule has 0 bridgehead atoms. The maximum Gasteiger partial charge on any atom is 0.251 e. The van der Waals surface area contributed by atoms with E-state index in [-0.39, 0.29) is 24.4 Å². The number of nitrogens with one attached hydrogen (secondary N) is 2. The molecule has 0 fully saturated rings. The van der Waals surface area contributed by atoms with Crippen molar-refractivity contribution in [3.8, 4) is 0 Å². The predicted octanol–water partition coefficient (Wildman–Crippen LogP) is 3.18. The molecule has 1 aliphatic carbocycles. The van der Waals surface area contributed by atoms with E-state index in [1.165, 1.54) is 5.56 Å². The average Bonchev–Trinajstić information content (AvgIpc) is 2.55. The van der Waals surface area contributed by atoms with Crippen molar-refractivity contribution in [3.05, 3.63) is 58.7 Å². The molecule has 6 nitrogen and oxygen atoms in total. The zero-order chi connectivity index (χ0) is 18.9. The van der Waals surface area contributed by atoms with E-state index in [4.69, 9.17) is 5.73 Å². The van der Waals surface area contributed by atoms with Crippen molar-refractivity contribution in [1.29, 1.82) is 0 Å². The Morgan fingerprint density at radius 2 is 1.93 bits per heavy atom. The van der Waals surface area contributed by atoms with E-state index in [2.05, 4.69) is 10.0 Å². The van der Waals surface area contributed by atoms with Gasteiger partial charge >= 0.3 is 0 Å². The van der Waals surface area contributed by atoms with Crippen molar-refractivity contribution in [2.24, 2.45) is 0 Å². The van der Waals surface area contributed by atoms with Crippen LogP contribution in [-0.4, -0.2) is 20.6 Å². The largest absolute Gasteiger partial charge is 0.399 e. The van der Waals surface area contributed by atoms with Crippen LogP contribution in [0.15, 0.2) is 36.4 Å². The number of anilines is 2. The second kappa shape index (κ2) is 8.19. The molecule has 0 aromatic heterocycles. The van der Waals surface area contributed by atoms with E-state index in [0.29, 0.717) is 11.3 Å². The van der Waals surface area contributed by atoms with Gasteiger partial charge in [0.25, 0.3) is 5.91 Å². The number of carbonyl (C=O) groups is 1. The summed E-state index contributed by atoms with van der Waals surface area (Å²) in [5.41, 5.74) is 10.4. The van der Waals surface area contributed by atoms with Gasteiger partial charge in [-0.15, -0.1) is 12.4 Å². The molecule has 0 aliphatic heterocycles. The molecule has 1 unspecified atom stereocenters. The number of fused-ring (bicyclic) bond motifs is 1. The van der Waals surface area contributed by atoms with Gasteiger partial charge in [-0.1, -0.05) is 12.1 Å². The van der Waals surface area contributed by atoms with E-state index in [1.54, 1.807) is 25.1 Å². The third-order valence-electron chi connectivity index (χ3n) is 4.58. The van der Waals surface area contributed by atoms with Gasteiger partial charge in [0, 0.05) is 11.3 Å². The van der Waals surface area contributed by atoms with E-state index in [9.17, 15) is 13.2 Å². The van der Waals surface area contributed by atoms with Crippen molar-refractivity contribution >= 4 is 39.7 Å². The summed E-state index contributed by atoms with van der Waals surface area (Å²) in [6, 6.07) is 10.7. The highest BCUT2D eigenvalue weighted by atomic mass is 35.5. The van der Waals surface area contributed by atoms with Gasteiger partial charge in [0.2, 0.25) is 10.0 Å². The predicted molar refractivity (Wildman–Crippen MR) is 111 cm³/mol. The van der Waals surface area contributed by atoms with Gasteiger partial charge in [0.15, 0.2) is 0 Å². The van der Waals surface area contributed by atoms with E-state index < -0.39 is 10.0 Å². The lowest BCUT2D eigenvalue weighted by atomic mass is 9.87. The summed E-state index contributed by atoms with van der Waals surface area (Å²) in [4.78, 5) is 12.7. The number of nitrogens with two attached hydrogens (primary N) is 1. The summed E-state index contributed by atoms with van der Waals surface area (Å²) >= 11 is 0. The summed E-state index contributed by atoms with van der Waals surface area (Å²) in [6.45, 7) is 1.79. The van der Waals surface area contributed by atoms with Crippen molar-refractivity contribution in [2.75, 3.05) is 16.7 Å². The molecule has 2 aromatic rings. The standard InChI is InChI=1S/C19H23N3O3S.ClH/c1-12-6-7-14(11-18(12)22-26(2,24)25)19(23)21-17-5-3-4-13-10-15(20)8-9-16(13)17;/h6-11,17,22H,3-5,20H2,1-2H3,(H,21,23);1H. The Morgan fingerprint density at radius 3 is 2.63 bits per heavy atom. The second-order valence-electron chi connectivity index (χ2n) is 6.78. The maximum absolute atomic E-state index is 12.7. The summed E-state index contributed by atoms with van der Waals surface area (Å²) < 4.78 is 25.4. The van der Waals surface area contributed by atoms with E-state index >= 15 is 0 Å². The van der Waals surface area contributed by atoms with Crippen LogP contribution >= 0.6 is 12.4 Å². The van der Waals surface area contributed by atoms with Gasteiger partial charge in [-0.25, -0.2) is 8.42 Å². The number of rotatable bonds is 4. The van der Waals surface area contributed by atoms with Crippen LogP contribution < -0.4 is 15.8 Å². The van der Waals surface area contributed by atoms with Crippen LogP contribution in [0, 0.1) is 6.92 Å². The lowest BCUT2D eigenvalue weighted by molar-refractivity contribution is 0.0933. The minimum Gasteiger partial charge on any atom is -0.399 e. The Hall–Kier alpha value is -2.25. The molecule has 3 rings (SSSR count). The molecule has 1 amide bonds. The van der Waals surface area contributed by atoms with Crippen molar-refractivity contribution in [3.63, 3.8) is 0 Å². The Balaban J connectivity index is 0.00000261. The number of amides is 1. The first kappa shape index (κ1) is 21.1. The zero-order valence-electron chi connectivity index (χ0n) is 15.3. The van der Waals surface area contributed by atoms with Crippen LogP contribution in [0.3, 0.4) is 0 Å². The number of sulfonamides is 1. The third kappa shape index (κ3) is 5.14. The highest BCUT2D eigenvalue weighted by molar-refractivity contribution is 7.92. The number of hydrogen-bond acceptors (Lipinski definition) is 4. The van der Waals surface area contributed by atoms with Crippen LogP contribution in [0.1, 0.15) is 45.9 Å². The number of aryl methyl sites for hydroxylation is 2. The van der Waals surface area contributed by atoms with Gasteiger partial charge in [0.05, 0.1) is 18.0 Å². The third-order valence-corrected chi connectivity index (χ3v) is 5.17. The average molecular weight is 410 g/mol. The molecule has 0 saturated carbocycles. The number of nitrogen functional groups attached to an aromatic ring is 1. The highest BCUT2D eigenvalue weighted by Gasteiger charge is 2.22. The number of hydrogen-bond donors (Lipinski definition) is 3. The second-order valence-corrected chi connectivity index (χ2v) is 8.53. The molecule has 146 valence electrons. The lowest BCUT2D eigenvalue weighted by Crippen LogP contribution is -2.31. The van der Waals surface area contributed by atoms with Crippen LogP contribution in [0.2, 0.25) is 0 Å². The van der Waals surface area contributed by atoms with Crippen LogP contribution in [0.4, 0.5) is 11.4 Å². The molecular weight excluding hydrogens is 386 g/mol. The minimum atomic E-state index is -3.41. The van der Waals surface area contributed by atoms with Crippen LogP contribution in [0.25, 0.3) is 0 Å². The fourth-order valence-corrected chi connectivity index (χ4v) is 3.92. The maximum atomic E-state index is 12.7. The smallest absolute Gasteiger partial charge is 0.251 e. The molecule has 0 saturated heterocycles. The molecule has 2 aromatic carbocycles. The van der Waals surface area contributed by atoms with E-state index in [0.717, 1.165) is 42.3 Å². The van der Waals surface area contributed by atoms with Crippen molar-refractivity contribution in [2.45, 2.75) is 32.2 Å². The summed E-state index contributed by atoms with van der Waals surface area (Å²) in [5.74, 6) is -0.226. The normalized spacial score (nSPS) is 16.0. The van der Waals surface area contributed by atoms with Crippen molar-refractivity contribution < 1.29 is 13.2 Å². The fourth-order valence-electron chi connectivity index (χ4n) is 3.30. The molecule has 1 aliphatic rings. The SMILES string of the molecule is Cc1ccc(C(=O)NC2CCCc3cc(N)ccc32)cc1NS(C)(=O)=O.Cl. The summed E-state index contributed by atoms with van der Waals surface area (Å²) in [6.07, 6.45) is 3.89. The first-order chi connectivity index (χ1) is 12.2. The number of benzene rings is 2. The minimum absolute atomic E-state index is 0. The Kier molecular flexibility index (Phi) is 6.38. The van der Waals surface area contributed by atoms with Gasteiger partial charge in [-0.05, 0) is 67.1 Å². The van der Waals surface area contributed by atoms with Crippen molar-refractivity contribution in [1.82, 2.24) is 5.32 Å². The molecule has 1 atom stereocenters. The number of halogens is 1. The summed E-state index contributed by atoms with van der Waals surface area (Å²) in [5, 5.41) is 3.06. The molecular formula is C19H24ClN3O3S. The highest BCUT2D eigenvalue weighted by Crippen LogP contribution is 2.31. The van der Waals surface area contributed by atoms with Crippen LogP contribution in [0.5, 0.6) is 0 Å². The topological polar surface area (TPSA) is 101 Å². The lowest BCUT2D eigenvalue weighted by Gasteiger charge is -2.27. The molecule has 0 radical (unpaired) electrons. The van der Waals surface area contributed by atoms with Gasteiger partial charge in [-0.2, -0.15) is 0 Å². The van der Waals surface area contributed by atoms with Gasteiger partial charge in [0.1, 0.15) is 0 Å². The Bertz CT molecular complexity index is 961. The van der Waals surface area contributed by atoms with E-state index in [1.807, 2.05) is 18.2 Å². The molecule has 0 heterocycles. The summed E-state index contributed by atoms with van der Waals surface area (Å²) in [7, 11) is -3.41.